The maximum Gasteiger partial charge on any atom is 0.248 e. The second kappa shape index (κ2) is 6.39. The van der Waals surface area contributed by atoms with Gasteiger partial charge in [-0.1, -0.05) is 12.1 Å². The Morgan fingerprint density at radius 1 is 1.22 bits per heavy atom. The average Bonchev–Trinajstić information content (AvgIpc) is 3.27. The smallest absolute Gasteiger partial charge is 0.248 e. The normalized spacial score (nSPS) is 16.8. The fourth-order valence-corrected chi connectivity index (χ4v) is 3.73. The summed E-state index contributed by atoms with van der Waals surface area (Å²) in [5, 5.41) is 0. The van der Waals surface area contributed by atoms with Crippen LogP contribution in [-0.4, -0.2) is 37.6 Å². The highest BCUT2D eigenvalue weighted by Crippen LogP contribution is 2.36. The number of carbonyl (C=O) groups excluding carboxylic acids is 2. The van der Waals surface area contributed by atoms with Crippen LogP contribution >= 0.6 is 0 Å². The fraction of sp³-hybridized carbons (Fsp3) is 0.263. The summed E-state index contributed by atoms with van der Waals surface area (Å²) in [4.78, 5) is 34.2. The van der Waals surface area contributed by atoms with Crippen LogP contribution in [0.15, 0.2) is 36.7 Å². The lowest BCUT2D eigenvalue weighted by Crippen LogP contribution is -2.29. The van der Waals surface area contributed by atoms with E-state index in [0.717, 1.165) is 30.8 Å². The first kappa shape index (κ1) is 17.0. The highest BCUT2D eigenvalue weighted by molar-refractivity contribution is 5.94. The number of amides is 2. The fourth-order valence-electron chi connectivity index (χ4n) is 3.73. The number of rotatable bonds is 3. The van der Waals surface area contributed by atoms with Crippen molar-refractivity contribution in [1.29, 1.82) is 0 Å². The van der Waals surface area contributed by atoms with Gasteiger partial charge in [0.15, 0.2) is 0 Å². The maximum atomic E-state index is 12.0. The number of nitrogens with two attached hydrogens (primary N) is 2. The highest BCUT2D eigenvalue weighted by atomic mass is 16.2. The minimum Gasteiger partial charge on any atom is -0.382 e. The molecule has 3 heterocycles. The number of anilines is 1. The van der Waals surface area contributed by atoms with Gasteiger partial charge >= 0.3 is 0 Å². The van der Waals surface area contributed by atoms with E-state index in [1.807, 2.05) is 15.5 Å². The number of likely N-dealkylation sites (tertiary alicyclic amines) is 1. The lowest BCUT2D eigenvalue weighted by Gasteiger charge is -2.22. The van der Waals surface area contributed by atoms with Gasteiger partial charge in [0, 0.05) is 37.0 Å². The van der Waals surface area contributed by atoms with Crippen LogP contribution in [0.2, 0.25) is 0 Å². The van der Waals surface area contributed by atoms with Crippen LogP contribution in [0, 0.1) is 0 Å². The largest absolute Gasteiger partial charge is 0.382 e. The molecule has 0 bridgehead atoms. The molecular formula is C19H20N6O2. The first-order valence-corrected chi connectivity index (χ1v) is 8.77. The van der Waals surface area contributed by atoms with E-state index in [0.29, 0.717) is 22.6 Å². The zero-order valence-electron chi connectivity index (χ0n) is 14.9. The summed E-state index contributed by atoms with van der Waals surface area (Å²) in [6.45, 7) is 2.30. The van der Waals surface area contributed by atoms with Gasteiger partial charge in [0.25, 0.3) is 0 Å². The monoisotopic (exact) mass is 364 g/mol. The van der Waals surface area contributed by atoms with Gasteiger partial charge in [-0.15, -0.1) is 0 Å². The molecule has 1 atom stereocenters. The number of hydrogen-bond donors (Lipinski definition) is 2. The molecule has 1 aliphatic heterocycles. The summed E-state index contributed by atoms with van der Waals surface area (Å²) in [5.41, 5.74) is 14.1. The number of primary amides is 1. The van der Waals surface area contributed by atoms with Crippen LogP contribution in [0.25, 0.3) is 16.8 Å². The number of carbonyl (C=O) groups is 2. The zero-order chi connectivity index (χ0) is 19.1. The van der Waals surface area contributed by atoms with Crippen molar-refractivity contribution >= 4 is 23.1 Å². The van der Waals surface area contributed by atoms with E-state index in [-0.39, 0.29) is 11.9 Å². The lowest BCUT2D eigenvalue weighted by atomic mass is 10.1. The Kier molecular flexibility index (Phi) is 4.02. The van der Waals surface area contributed by atoms with Crippen LogP contribution in [0.4, 0.5) is 5.82 Å². The molecule has 8 nitrogen and oxygen atoms in total. The maximum absolute atomic E-state index is 12.0. The van der Waals surface area contributed by atoms with Crippen LogP contribution in [0.3, 0.4) is 0 Å². The van der Waals surface area contributed by atoms with Gasteiger partial charge < -0.3 is 16.4 Å². The molecule has 0 radical (unpaired) electrons. The number of fused-ring (bicyclic) bond motifs is 1. The van der Waals surface area contributed by atoms with Gasteiger partial charge in [0.05, 0.1) is 6.04 Å². The summed E-state index contributed by atoms with van der Waals surface area (Å²) in [5.74, 6) is 0.670. The van der Waals surface area contributed by atoms with Gasteiger partial charge in [0.1, 0.15) is 22.9 Å². The first-order chi connectivity index (χ1) is 13.0. The van der Waals surface area contributed by atoms with Crippen molar-refractivity contribution in [3.8, 4) is 11.3 Å². The second-order valence-electron chi connectivity index (χ2n) is 6.66. The summed E-state index contributed by atoms with van der Waals surface area (Å²) in [6.07, 6.45) is 5.22. The number of nitrogen functional groups attached to an aromatic ring is 1. The number of benzene rings is 1. The Morgan fingerprint density at radius 2 is 1.96 bits per heavy atom. The Morgan fingerprint density at radius 3 is 2.63 bits per heavy atom. The molecule has 2 aromatic heterocycles. The van der Waals surface area contributed by atoms with E-state index in [1.54, 1.807) is 37.4 Å². The summed E-state index contributed by atoms with van der Waals surface area (Å²) < 4.78 is 1.91. The van der Waals surface area contributed by atoms with Crippen LogP contribution < -0.4 is 11.5 Å². The third kappa shape index (κ3) is 2.79. The zero-order valence-corrected chi connectivity index (χ0v) is 14.9. The van der Waals surface area contributed by atoms with Crippen LogP contribution in [0.1, 0.15) is 42.0 Å². The number of imidazole rings is 1. The number of nitrogens with zero attached hydrogens (tertiary/aromatic N) is 4. The average molecular weight is 364 g/mol. The van der Waals surface area contributed by atoms with Gasteiger partial charge in [0.2, 0.25) is 11.8 Å². The molecule has 4 N–H and O–H groups in total. The van der Waals surface area contributed by atoms with Crippen LogP contribution in [-0.2, 0) is 4.79 Å². The molecule has 4 rings (SSSR count). The third-order valence-electron chi connectivity index (χ3n) is 5.01. The molecular weight excluding hydrogens is 344 g/mol. The molecule has 1 aliphatic rings. The van der Waals surface area contributed by atoms with Crippen molar-refractivity contribution in [3.63, 3.8) is 0 Å². The molecule has 0 unspecified atom stereocenters. The molecule has 3 aromatic rings. The predicted molar refractivity (Wildman–Crippen MR) is 101 cm³/mol. The van der Waals surface area contributed by atoms with Crippen molar-refractivity contribution in [3.05, 3.63) is 48.0 Å². The summed E-state index contributed by atoms with van der Waals surface area (Å²) >= 11 is 0. The van der Waals surface area contributed by atoms with E-state index < -0.39 is 5.91 Å². The minimum atomic E-state index is -0.485. The second-order valence-corrected chi connectivity index (χ2v) is 6.66. The predicted octanol–water partition coefficient (Wildman–Crippen LogP) is 1.76. The first-order valence-electron chi connectivity index (χ1n) is 8.77. The molecule has 0 spiro atoms. The molecule has 1 aromatic carbocycles. The molecule has 2 amide bonds. The molecule has 138 valence electrons. The Balaban J connectivity index is 1.89. The van der Waals surface area contributed by atoms with Crippen molar-refractivity contribution in [2.45, 2.75) is 25.8 Å². The van der Waals surface area contributed by atoms with Gasteiger partial charge in [-0.3, -0.25) is 14.0 Å². The summed E-state index contributed by atoms with van der Waals surface area (Å²) in [7, 11) is 0. The van der Waals surface area contributed by atoms with Crippen molar-refractivity contribution in [1.82, 2.24) is 19.3 Å². The van der Waals surface area contributed by atoms with E-state index >= 15 is 0 Å². The Hall–Kier alpha value is -3.42. The third-order valence-corrected chi connectivity index (χ3v) is 5.01. The van der Waals surface area contributed by atoms with Crippen molar-refractivity contribution < 1.29 is 9.59 Å². The van der Waals surface area contributed by atoms with E-state index in [4.69, 9.17) is 16.5 Å². The number of aromatic nitrogens is 3. The molecule has 27 heavy (non-hydrogen) atoms. The SMILES string of the molecule is CC(=O)N1CCC[C@H]1c1nc(-c2ccc(C(N)=O)cc2)c2c(N)nccn12. The number of hydrogen-bond acceptors (Lipinski definition) is 5. The van der Waals surface area contributed by atoms with Gasteiger partial charge in [-0.2, -0.15) is 0 Å². The molecule has 0 aliphatic carbocycles. The van der Waals surface area contributed by atoms with E-state index in [9.17, 15) is 9.59 Å². The lowest BCUT2D eigenvalue weighted by molar-refractivity contribution is -0.129. The topological polar surface area (TPSA) is 120 Å². The minimum absolute atomic E-state index is 0.0311. The quantitative estimate of drug-likeness (QED) is 0.734. The molecule has 0 saturated carbocycles. The molecule has 1 saturated heterocycles. The Bertz CT molecular complexity index is 1040. The highest BCUT2D eigenvalue weighted by Gasteiger charge is 2.32. The Labute approximate surface area is 155 Å². The van der Waals surface area contributed by atoms with Crippen LogP contribution in [0.5, 0.6) is 0 Å². The molecule has 1 fully saturated rings. The summed E-state index contributed by atoms with van der Waals surface area (Å²) in [6, 6.07) is 6.79. The van der Waals surface area contributed by atoms with Gasteiger partial charge in [-0.05, 0) is 25.0 Å². The van der Waals surface area contributed by atoms with Crippen molar-refractivity contribution in [2.75, 3.05) is 12.3 Å². The molecule has 8 heteroatoms. The van der Waals surface area contributed by atoms with Crippen molar-refractivity contribution in [2.24, 2.45) is 5.73 Å². The van der Waals surface area contributed by atoms with E-state index in [1.165, 1.54) is 0 Å². The van der Waals surface area contributed by atoms with E-state index in [2.05, 4.69) is 4.98 Å². The standard InChI is InChI=1S/C19H20N6O2/c1-11(26)24-9-2-3-14(24)19-23-15(16-17(20)22-8-10-25(16)19)12-4-6-13(7-5-12)18(21)27/h4-8,10,14H,2-3,9H2,1H3,(H2,20,22)(H2,21,27)/t14-/m0/s1. The van der Waals surface area contributed by atoms with Gasteiger partial charge in [-0.25, -0.2) is 9.97 Å².